The molecule has 0 aromatic heterocycles. The van der Waals surface area contributed by atoms with Gasteiger partial charge in [-0.1, -0.05) is 69.3 Å². The second kappa shape index (κ2) is 13.3. The summed E-state index contributed by atoms with van der Waals surface area (Å²) in [5.41, 5.74) is 2.37. The Labute approximate surface area is 210 Å². The van der Waals surface area contributed by atoms with E-state index in [1.807, 2.05) is 70.2 Å². The van der Waals surface area contributed by atoms with Gasteiger partial charge in [0.1, 0.15) is 12.6 Å². The lowest BCUT2D eigenvalue weighted by molar-refractivity contribution is -0.139. The summed E-state index contributed by atoms with van der Waals surface area (Å²) < 4.78 is 26.7. The van der Waals surface area contributed by atoms with E-state index < -0.39 is 22.0 Å². The van der Waals surface area contributed by atoms with E-state index in [1.165, 1.54) is 4.90 Å². The molecule has 2 aromatic carbocycles. The van der Waals surface area contributed by atoms with Crippen LogP contribution in [0.2, 0.25) is 0 Å². The molecule has 35 heavy (non-hydrogen) atoms. The third kappa shape index (κ3) is 8.09. The second-order valence-corrected chi connectivity index (χ2v) is 10.7. The molecule has 0 saturated heterocycles. The van der Waals surface area contributed by atoms with Crippen LogP contribution < -0.4 is 9.62 Å². The molecule has 0 unspecified atom stereocenters. The number of sulfonamides is 1. The molecule has 8 heteroatoms. The fraction of sp³-hybridized carbons (Fsp3) is 0.481. The standard InChI is InChI=1S/C27H39N3O4S/c1-6-21(4)28-27(32)24(8-3)29(19-18-22-14-10-9-11-15-22)26(31)20-30(35(5,33)34)25-17-13-12-16-23(25)7-2/h9-17,21,24H,6-8,18-20H2,1-5H3,(H,28,32)/t21-,24-/m0/s1. The van der Waals surface area contributed by atoms with Crippen LogP contribution in [0.25, 0.3) is 0 Å². The largest absolute Gasteiger partial charge is 0.352 e. The molecule has 0 bridgehead atoms. The van der Waals surface area contributed by atoms with Gasteiger partial charge in [-0.2, -0.15) is 0 Å². The van der Waals surface area contributed by atoms with Gasteiger partial charge in [0.2, 0.25) is 21.8 Å². The van der Waals surface area contributed by atoms with Gasteiger partial charge >= 0.3 is 0 Å². The molecule has 0 spiro atoms. The minimum Gasteiger partial charge on any atom is -0.352 e. The van der Waals surface area contributed by atoms with Crippen LogP contribution in [0.4, 0.5) is 5.69 Å². The molecule has 1 N–H and O–H groups in total. The maximum atomic E-state index is 13.7. The van der Waals surface area contributed by atoms with Gasteiger partial charge in [-0.05, 0) is 49.8 Å². The van der Waals surface area contributed by atoms with Crippen molar-refractivity contribution in [2.45, 2.75) is 65.5 Å². The number of para-hydroxylation sites is 1. The highest BCUT2D eigenvalue weighted by molar-refractivity contribution is 7.92. The van der Waals surface area contributed by atoms with Gasteiger partial charge in [-0.3, -0.25) is 13.9 Å². The number of nitrogens with one attached hydrogen (secondary N) is 1. The molecule has 2 rings (SSSR count). The van der Waals surface area contributed by atoms with Crippen molar-refractivity contribution in [3.8, 4) is 0 Å². The monoisotopic (exact) mass is 501 g/mol. The first-order valence-corrected chi connectivity index (χ1v) is 14.2. The number of anilines is 1. The Kier molecular flexibility index (Phi) is 10.8. The van der Waals surface area contributed by atoms with Crippen molar-refractivity contribution in [3.05, 3.63) is 65.7 Å². The van der Waals surface area contributed by atoms with Crippen LogP contribution >= 0.6 is 0 Å². The Morgan fingerprint density at radius 2 is 1.57 bits per heavy atom. The van der Waals surface area contributed by atoms with E-state index in [1.54, 1.807) is 12.1 Å². The average molecular weight is 502 g/mol. The van der Waals surface area contributed by atoms with E-state index in [2.05, 4.69) is 5.32 Å². The molecule has 0 aliphatic rings. The quantitative estimate of drug-likeness (QED) is 0.453. The fourth-order valence-electron chi connectivity index (χ4n) is 3.98. The van der Waals surface area contributed by atoms with Crippen LogP contribution in [0, 0.1) is 0 Å². The van der Waals surface area contributed by atoms with Crippen LogP contribution in [-0.2, 0) is 32.5 Å². The molecular weight excluding hydrogens is 462 g/mol. The zero-order valence-corrected chi connectivity index (χ0v) is 22.3. The molecule has 2 aromatic rings. The van der Waals surface area contributed by atoms with Gasteiger partial charge in [-0.15, -0.1) is 0 Å². The SMILES string of the molecule is CCc1ccccc1N(CC(=O)N(CCc1ccccc1)[C@@H](CC)C(=O)N[C@@H](C)CC)S(C)(=O)=O. The number of nitrogens with zero attached hydrogens (tertiary/aromatic N) is 2. The Morgan fingerprint density at radius 1 is 0.943 bits per heavy atom. The summed E-state index contributed by atoms with van der Waals surface area (Å²) in [5.74, 6) is -0.619. The number of aryl methyl sites for hydroxylation is 1. The number of hydrogen-bond donors (Lipinski definition) is 1. The number of rotatable bonds is 13. The van der Waals surface area contributed by atoms with E-state index in [4.69, 9.17) is 0 Å². The molecule has 2 amide bonds. The highest BCUT2D eigenvalue weighted by atomic mass is 32.2. The average Bonchev–Trinajstić information content (AvgIpc) is 2.84. The van der Waals surface area contributed by atoms with Gasteiger partial charge in [0.25, 0.3) is 0 Å². The van der Waals surface area contributed by atoms with Crippen molar-refractivity contribution in [3.63, 3.8) is 0 Å². The minimum absolute atomic E-state index is 0.0217. The minimum atomic E-state index is -3.74. The summed E-state index contributed by atoms with van der Waals surface area (Å²) in [6.07, 6.45) is 3.49. The lowest BCUT2D eigenvalue weighted by Gasteiger charge is -2.33. The number of amides is 2. The van der Waals surface area contributed by atoms with Crippen molar-refractivity contribution in [1.29, 1.82) is 0 Å². The number of carbonyl (C=O) groups is 2. The van der Waals surface area contributed by atoms with Crippen LogP contribution in [0.1, 0.15) is 51.7 Å². The predicted molar refractivity (Wildman–Crippen MR) is 142 cm³/mol. The molecular formula is C27H39N3O4S. The van der Waals surface area contributed by atoms with Crippen molar-refractivity contribution in [1.82, 2.24) is 10.2 Å². The van der Waals surface area contributed by atoms with E-state index in [-0.39, 0.29) is 18.5 Å². The second-order valence-electron chi connectivity index (χ2n) is 8.82. The van der Waals surface area contributed by atoms with E-state index in [0.29, 0.717) is 31.5 Å². The van der Waals surface area contributed by atoms with Gasteiger partial charge in [-0.25, -0.2) is 8.42 Å². The maximum Gasteiger partial charge on any atom is 0.244 e. The molecule has 0 radical (unpaired) electrons. The van der Waals surface area contributed by atoms with Crippen molar-refractivity contribution >= 4 is 27.5 Å². The lowest BCUT2D eigenvalue weighted by Crippen LogP contribution is -2.54. The molecule has 0 saturated carbocycles. The van der Waals surface area contributed by atoms with Crippen molar-refractivity contribution in [2.24, 2.45) is 0 Å². The van der Waals surface area contributed by atoms with Gasteiger partial charge in [0.05, 0.1) is 11.9 Å². The van der Waals surface area contributed by atoms with Crippen molar-refractivity contribution < 1.29 is 18.0 Å². The summed E-state index contributed by atoms with van der Waals surface area (Å²) in [6, 6.07) is 16.2. The molecule has 0 fully saturated rings. The number of hydrogen-bond acceptors (Lipinski definition) is 4. The maximum absolute atomic E-state index is 13.7. The molecule has 0 heterocycles. The summed E-state index contributed by atoms with van der Waals surface area (Å²) in [5, 5.41) is 2.98. The number of carbonyl (C=O) groups excluding carboxylic acids is 2. The molecule has 192 valence electrons. The zero-order valence-electron chi connectivity index (χ0n) is 21.5. The van der Waals surface area contributed by atoms with E-state index in [0.717, 1.165) is 28.1 Å². The molecule has 0 aliphatic carbocycles. The van der Waals surface area contributed by atoms with Gasteiger partial charge in [0, 0.05) is 12.6 Å². The Hall–Kier alpha value is -2.87. The normalized spacial score (nSPS) is 13.1. The smallest absolute Gasteiger partial charge is 0.244 e. The van der Waals surface area contributed by atoms with Gasteiger partial charge < -0.3 is 10.2 Å². The fourth-order valence-corrected chi connectivity index (χ4v) is 4.87. The first-order valence-electron chi connectivity index (χ1n) is 12.3. The van der Waals surface area contributed by atoms with Crippen LogP contribution in [0.15, 0.2) is 54.6 Å². The van der Waals surface area contributed by atoms with Crippen LogP contribution in [-0.4, -0.2) is 56.6 Å². The lowest BCUT2D eigenvalue weighted by atomic mass is 10.1. The zero-order chi connectivity index (χ0) is 26.0. The summed E-state index contributed by atoms with van der Waals surface area (Å²) >= 11 is 0. The molecule has 0 aliphatic heterocycles. The van der Waals surface area contributed by atoms with E-state index >= 15 is 0 Å². The third-order valence-electron chi connectivity index (χ3n) is 6.19. The Balaban J connectivity index is 2.40. The third-order valence-corrected chi connectivity index (χ3v) is 7.32. The highest BCUT2D eigenvalue weighted by Crippen LogP contribution is 2.24. The molecule has 7 nitrogen and oxygen atoms in total. The topological polar surface area (TPSA) is 86.8 Å². The van der Waals surface area contributed by atoms with Gasteiger partial charge in [0.15, 0.2) is 0 Å². The highest BCUT2D eigenvalue weighted by Gasteiger charge is 2.32. The first kappa shape index (κ1) is 28.4. The van der Waals surface area contributed by atoms with E-state index in [9.17, 15) is 18.0 Å². The summed E-state index contributed by atoms with van der Waals surface area (Å²) in [6.45, 7) is 7.66. The Morgan fingerprint density at radius 3 is 2.14 bits per heavy atom. The first-order chi connectivity index (χ1) is 16.6. The van der Waals surface area contributed by atoms with Crippen LogP contribution in [0.3, 0.4) is 0 Å². The predicted octanol–water partition coefficient (Wildman–Crippen LogP) is 3.78. The summed E-state index contributed by atoms with van der Waals surface area (Å²) in [7, 11) is -3.74. The number of benzene rings is 2. The molecule has 2 atom stereocenters. The Bertz CT molecular complexity index is 1070. The van der Waals surface area contributed by atoms with Crippen LogP contribution in [0.5, 0.6) is 0 Å². The summed E-state index contributed by atoms with van der Waals surface area (Å²) in [4.78, 5) is 28.4. The van der Waals surface area contributed by atoms with Crippen molar-refractivity contribution in [2.75, 3.05) is 23.7 Å².